The molecule has 0 saturated heterocycles. The maximum absolute atomic E-state index is 12.8. The third-order valence-electron chi connectivity index (χ3n) is 4.72. The number of methoxy groups -OCH3 is 1. The zero-order valence-corrected chi connectivity index (χ0v) is 15.7. The predicted molar refractivity (Wildman–Crippen MR) is 98.7 cm³/mol. The van der Waals surface area contributed by atoms with E-state index < -0.39 is 24.0 Å². The Kier molecular flexibility index (Phi) is 7.52. The van der Waals surface area contributed by atoms with Gasteiger partial charge in [0.15, 0.2) is 0 Å². The molecule has 0 spiro atoms. The lowest BCUT2D eigenvalue weighted by Gasteiger charge is -2.29. The SMILES string of the molecule is COC(=O)[C@@H](NC(=O)[C@H](Cc1ccccc1)NC(C)=O)[C@@H]1CCCC(=O)C1. The minimum absolute atomic E-state index is 0.0806. The van der Waals surface area contributed by atoms with Crippen LogP contribution < -0.4 is 10.6 Å². The largest absolute Gasteiger partial charge is 0.467 e. The highest BCUT2D eigenvalue weighted by Crippen LogP contribution is 2.25. The molecule has 0 heterocycles. The van der Waals surface area contributed by atoms with Crippen LogP contribution in [0.25, 0.3) is 0 Å². The second kappa shape index (κ2) is 9.85. The molecule has 7 nitrogen and oxygen atoms in total. The van der Waals surface area contributed by atoms with Crippen LogP contribution in [-0.4, -0.2) is 42.8 Å². The molecular weight excluding hydrogens is 348 g/mol. The lowest BCUT2D eigenvalue weighted by Crippen LogP contribution is -2.55. The van der Waals surface area contributed by atoms with Gasteiger partial charge >= 0.3 is 5.97 Å². The Hall–Kier alpha value is -2.70. The van der Waals surface area contributed by atoms with Crippen molar-refractivity contribution in [1.29, 1.82) is 0 Å². The molecule has 3 atom stereocenters. The zero-order chi connectivity index (χ0) is 19.8. The summed E-state index contributed by atoms with van der Waals surface area (Å²) in [6, 6.07) is 7.56. The zero-order valence-electron chi connectivity index (χ0n) is 15.7. The van der Waals surface area contributed by atoms with Crippen LogP contribution >= 0.6 is 0 Å². The summed E-state index contributed by atoms with van der Waals surface area (Å²) < 4.78 is 4.83. The maximum atomic E-state index is 12.8. The van der Waals surface area contributed by atoms with Crippen molar-refractivity contribution in [3.05, 3.63) is 35.9 Å². The minimum Gasteiger partial charge on any atom is -0.467 e. The molecule has 1 saturated carbocycles. The normalized spacial score (nSPS) is 18.9. The molecule has 0 aromatic heterocycles. The Bertz CT molecular complexity index is 689. The van der Waals surface area contributed by atoms with Crippen molar-refractivity contribution in [3.8, 4) is 0 Å². The molecule has 2 rings (SSSR count). The highest BCUT2D eigenvalue weighted by Gasteiger charge is 2.35. The molecule has 0 unspecified atom stereocenters. The van der Waals surface area contributed by atoms with Gasteiger partial charge in [0.1, 0.15) is 17.9 Å². The van der Waals surface area contributed by atoms with Crippen LogP contribution in [0.2, 0.25) is 0 Å². The Morgan fingerprint density at radius 2 is 1.89 bits per heavy atom. The van der Waals surface area contributed by atoms with E-state index in [1.165, 1.54) is 14.0 Å². The first-order valence-corrected chi connectivity index (χ1v) is 9.11. The van der Waals surface area contributed by atoms with Crippen LogP contribution in [0, 0.1) is 5.92 Å². The second-order valence-corrected chi connectivity index (χ2v) is 6.85. The monoisotopic (exact) mass is 374 g/mol. The first kappa shape index (κ1) is 20.6. The summed E-state index contributed by atoms with van der Waals surface area (Å²) in [5.74, 6) is -1.60. The number of hydrogen-bond acceptors (Lipinski definition) is 5. The van der Waals surface area contributed by atoms with Crippen LogP contribution in [0.15, 0.2) is 30.3 Å². The van der Waals surface area contributed by atoms with E-state index in [4.69, 9.17) is 4.74 Å². The first-order valence-electron chi connectivity index (χ1n) is 9.11. The van der Waals surface area contributed by atoms with Crippen molar-refractivity contribution >= 4 is 23.6 Å². The first-order chi connectivity index (χ1) is 12.9. The standard InChI is InChI=1S/C20H26N2O5/c1-13(23)21-17(11-14-7-4-3-5-8-14)19(25)22-18(20(26)27-2)15-9-6-10-16(24)12-15/h3-5,7-8,15,17-18H,6,9-12H2,1-2H3,(H,21,23)(H,22,25)/t15-,17+,18+/m1/s1. The van der Waals surface area contributed by atoms with Crippen molar-refractivity contribution in [2.75, 3.05) is 7.11 Å². The number of carbonyl (C=O) groups excluding carboxylic acids is 4. The minimum atomic E-state index is -0.904. The van der Waals surface area contributed by atoms with E-state index in [9.17, 15) is 19.2 Å². The molecule has 1 aliphatic rings. The van der Waals surface area contributed by atoms with Crippen LogP contribution in [0.1, 0.15) is 38.2 Å². The maximum Gasteiger partial charge on any atom is 0.328 e. The number of ether oxygens (including phenoxy) is 1. The fourth-order valence-corrected chi connectivity index (χ4v) is 3.40. The van der Waals surface area contributed by atoms with Crippen molar-refractivity contribution in [1.82, 2.24) is 10.6 Å². The van der Waals surface area contributed by atoms with E-state index in [2.05, 4.69) is 10.6 Å². The van der Waals surface area contributed by atoms with E-state index >= 15 is 0 Å². The number of ketones is 1. The molecule has 0 aliphatic heterocycles. The van der Waals surface area contributed by atoms with Gasteiger partial charge in [0.25, 0.3) is 0 Å². The molecule has 146 valence electrons. The van der Waals surface area contributed by atoms with E-state index in [1.807, 2.05) is 30.3 Å². The molecule has 2 amide bonds. The predicted octanol–water partition coefficient (Wildman–Crippen LogP) is 1.15. The van der Waals surface area contributed by atoms with Gasteiger partial charge in [0.05, 0.1) is 7.11 Å². The molecule has 0 bridgehead atoms. The summed E-state index contributed by atoms with van der Waals surface area (Å²) in [6.45, 7) is 1.34. The molecule has 1 fully saturated rings. The van der Waals surface area contributed by atoms with Gasteiger partial charge in [-0.25, -0.2) is 4.79 Å². The molecule has 7 heteroatoms. The molecule has 1 aromatic carbocycles. The fraction of sp³-hybridized carbons (Fsp3) is 0.500. The van der Waals surface area contributed by atoms with Gasteiger partial charge in [-0.15, -0.1) is 0 Å². The van der Waals surface area contributed by atoms with Crippen LogP contribution in [0.3, 0.4) is 0 Å². The topological polar surface area (TPSA) is 102 Å². The molecule has 0 radical (unpaired) electrons. The number of amides is 2. The van der Waals surface area contributed by atoms with Gasteiger partial charge in [-0.05, 0) is 24.3 Å². The molecule has 2 N–H and O–H groups in total. The average Bonchev–Trinajstić information content (AvgIpc) is 2.65. The quantitative estimate of drug-likeness (QED) is 0.697. The summed E-state index contributed by atoms with van der Waals surface area (Å²) in [5, 5.41) is 5.34. The summed E-state index contributed by atoms with van der Waals surface area (Å²) >= 11 is 0. The third-order valence-corrected chi connectivity index (χ3v) is 4.72. The van der Waals surface area contributed by atoms with E-state index in [0.29, 0.717) is 25.7 Å². The Morgan fingerprint density at radius 1 is 1.19 bits per heavy atom. The van der Waals surface area contributed by atoms with E-state index in [0.717, 1.165) is 5.56 Å². The number of Topliss-reactive ketones (excluding diaryl/α,β-unsaturated/α-hetero) is 1. The summed E-state index contributed by atoms with van der Waals surface area (Å²) in [5.41, 5.74) is 0.883. The van der Waals surface area contributed by atoms with Crippen molar-refractivity contribution in [3.63, 3.8) is 0 Å². The van der Waals surface area contributed by atoms with Gasteiger partial charge in [-0.1, -0.05) is 30.3 Å². The van der Waals surface area contributed by atoms with Gasteiger partial charge in [-0.2, -0.15) is 0 Å². The highest BCUT2D eigenvalue weighted by molar-refractivity contribution is 5.91. The highest BCUT2D eigenvalue weighted by atomic mass is 16.5. The van der Waals surface area contributed by atoms with Crippen LogP contribution in [0.5, 0.6) is 0 Å². The van der Waals surface area contributed by atoms with Crippen LogP contribution in [-0.2, 0) is 30.3 Å². The average molecular weight is 374 g/mol. The Labute approximate surface area is 158 Å². The fourth-order valence-electron chi connectivity index (χ4n) is 3.40. The summed E-state index contributed by atoms with van der Waals surface area (Å²) in [7, 11) is 1.25. The number of hydrogen-bond donors (Lipinski definition) is 2. The number of carbonyl (C=O) groups is 4. The van der Waals surface area contributed by atoms with Gasteiger partial charge in [0, 0.05) is 26.2 Å². The smallest absolute Gasteiger partial charge is 0.328 e. The summed E-state index contributed by atoms with van der Waals surface area (Å²) in [6.07, 6.45) is 2.38. The van der Waals surface area contributed by atoms with E-state index in [1.54, 1.807) is 0 Å². The second-order valence-electron chi connectivity index (χ2n) is 6.85. The lowest BCUT2D eigenvalue weighted by atomic mass is 9.83. The Balaban J connectivity index is 2.14. The van der Waals surface area contributed by atoms with Gasteiger partial charge in [0.2, 0.25) is 11.8 Å². The number of esters is 1. The summed E-state index contributed by atoms with van der Waals surface area (Å²) in [4.78, 5) is 48.4. The van der Waals surface area contributed by atoms with Crippen molar-refractivity contribution < 1.29 is 23.9 Å². The molecule has 1 aromatic rings. The lowest BCUT2D eigenvalue weighted by molar-refractivity contribution is -0.147. The third kappa shape index (κ3) is 6.20. The van der Waals surface area contributed by atoms with Crippen LogP contribution in [0.4, 0.5) is 0 Å². The molecule has 1 aliphatic carbocycles. The molecule has 27 heavy (non-hydrogen) atoms. The number of benzene rings is 1. The van der Waals surface area contributed by atoms with Gasteiger partial charge in [-0.3, -0.25) is 14.4 Å². The molecular formula is C20H26N2O5. The van der Waals surface area contributed by atoms with Gasteiger partial charge < -0.3 is 15.4 Å². The number of nitrogens with one attached hydrogen (secondary N) is 2. The number of rotatable bonds is 7. The van der Waals surface area contributed by atoms with Crippen molar-refractivity contribution in [2.45, 2.75) is 51.1 Å². The van der Waals surface area contributed by atoms with Crippen molar-refractivity contribution in [2.24, 2.45) is 5.92 Å². The Morgan fingerprint density at radius 3 is 2.48 bits per heavy atom. The van der Waals surface area contributed by atoms with E-state index in [-0.39, 0.29) is 24.0 Å².